The van der Waals surface area contributed by atoms with Crippen molar-refractivity contribution in [3.8, 4) is 5.75 Å². The number of carbonyl (C=O) groups excluding carboxylic acids is 2. The summed E-state index contributed by atoms with van der Waals surface area (Å²) in [7, 11) is -2.30. The Balaban J connectivity index is 1.73. The number of rotatable bonds is 9. The van der Waals surface area contributed by atoms with Gasteiger partial charge in [0.05, 0.1) is 12.0 Å². The maximum Gasteiger partial charge on any atom is 0.321 e. The van der Waals surface area contributed by atoms with E-state index >= 15 is 0 Å². The predicted octanol–water partition coefficient (Wildman–Crippen LogP) is 1.60. The van der Waals surface area contributed by atoms with Crippen molar-refractivity contribution in [3.63, 3.8) is 0 Å². The highest BCUT2D eigenvalue weighted by molar-refractivity contribution is 9.10. The molecular weight excluding hydrogens is 452 g/mol. The Morgan fingerprint density at radius 1 is 1.11 bits per heavy atom. The molecule has 150 valence electrons. The molecule has 0 spiro atoms. The van der Waals surface area contributed by atoms with Gasteiger partial charge in [0.1, 0.15) is 12.3 Å². The number of hydrogen-bond acceptors (Lipinski definition) is 6. The second-order valence-electron chi connectivity index (χ2n) is 5.57. The molecule has 10 heteroatoms. The lowest BCUT2D eigenvalue weighted by molar-refractivity contribution is -0.147. The third-order valence-corrected chi connectivity index (χ3v) is 5.42. The van der Waals surface area contributed by atoms with Crippen LogP contribution in [-0.4, -0.2) is 40.6 Å². The van der Waals surface area contributed by atoms with E-state index in [4.69, 9.17) is 9.47 Å². The summed E-state index contributed by atoms with van der Waals surface area (Å²) < 4.78 is 36.7. The molecule has 0 aliphatic carbocycles. The Bertz CT molecular complexity index is 931. The Kier molecular flexibility index (Phi) is 7.97. The van der Waals surface area contributed by atoms with Crippen molar-refractivity contribution >= 4 is 37.8 Å². The topological polar surface area (TPSA) is 111 Å². The quantitative estimate of drug-likeness (QED) is 0.538. The number of hydrogen-bond donors (Lipinski definition) is 2. The van der Waals surface area contributed by atoms with Crippen molar-refractivity contribution in [2.45, 2.75) is 11.4 Å². The molecule has 1 amide bonds. The summed E-state index contributed by atoms with van der Waals surface area (Å²) in [6, 6.07) is 13.1. The molecule has 0 aromatic heterocycles. The smallest absolute Gasteiger partial charge is 0.321 e. The maximum atomic E-state index is 12.1. The Morgan fingerprint density at radius 3 is 2.46 bits per heavy atom. The molecule has 0 aliphatic heterocycles. The summed E-state index contributed by atoms with van der Waals surface area (Å²) in [5.41, 5.74) is 0.849. The number of methoxy groups -OCH3 is 1. The summed E-state index contributed by atoms with van der Waals surface area (Å²) >= 11 is 3.18. The Hall–Kier alpha value is -2.43. The summed E-state index contributed by atoms with van der Waals surface area (Å²) in [4.78, 5) is 23.4. The van der Waals surface area contributed by atoms with E-state index in [1.165, 1.54) is 12.1 Å². The third-order valence-electron chi connectivity index (χ3n) is 3.53. The van der Waals surface area contributed by atoms with Crippen molar-refractivity contribution in [3.05, 3.63) is 58.6 Å². The molecule has 0 heterocycles. The summed E-state index contributed by atoms with van der Waals surface area (Å²) in [5.74, 6) is -0.661. The molecule has 8 nitrogen and oxygen atoms in total. The number of amides is 1. The van der Waals surface area contributed by atoms with Crippen molar-refractivity contribution in [2.75, 3.05) is 20.3 Å². The highest BCUT2D eigenvalue weighted by Crippen LogP contribution is 2.15. The van der Waals surface area contributed by atoms with Crippen molar-refractivity contribution in [1.29, 1.82) is 0 Å². The van der Waals surface area contributed by atoms with Crippen LogP contribution in [0.1, 0.15) is 5.56 Å². The predicted molar refractivity (Wildman–Crippen MR) is 105 cm³/mol. The van der Waals surface area contributed by atoms with Gasteiger partial charge in [0, 0.05) is 11.0 Å². The Morgan fingerprint density at radius 2 is 1.82 bits per heavy atom. The number of halogens is 1. The van der Waals surface area contributed by atoms with Crippen LogP contribution in [0.3, 0.4) is 0 Å². The highest BCUT2D eigenvalue weighted by atomic mass is 79.9. The van der Waals surface area contributed by atoms with Crippen LogP contribution in [0.5, 0.6) is 5.75 Å². The molecule has 28 heavy (non-hydrogen) atoms. The molecule has 0 radical (unpaired) electrons. The number of esters is 1. The van der Waals surface area contributed by atoms with E-state index in [0.29, 0.717) is 10.2 Å². The average Bonchev–Trinajstić information content (AvgIpc) is 2.69. The lowest BCUT2D eigenvalue weighted by atomic mass is 10.2. The van der Waals surface area contributed by atoms with Gasteiger partial charge in [-0.2, -0.15) is 4.72 Å². The molecule has 0 saturated carbocycles. The first-order valence-electron chi connectivity index (χ1n) is 8.10. The number of benzene rings is 2. The van der Waals surface area contributed by atoms with Gasteiger partial charge in [-0.15, -0.1) is 0 Å². The number of ether oxygens (including phenoxy) is 2. The van der Waals surface area contributed by atoms with Gasteiger partial charge in [0.15, 0.2) is 6.61 Å². The minimum absolute atomic E-state index is 0.00640. The number of carbonyl (C=O) groups is 2. The lowest BCUT2D eigenvalue weighted by Crippen LogP contribution is -2.33. The van der Waals surface area contributed by atoms with Crippen LogP contribution >= 0.6 is 15.9 Å². The van der Waals surface area contributed by atoms with Crippen molar-refractivity contribution in [2.24, 2.45) is 0 Å². The summed E-state index contributed by atoms with van der Waals surface area (Å²) in [6.45, 7) is -0.829. The van der Waals surface area contributed by atoms with E-state index in [1.54, 1.807) is 43.5 Å². The molecule has 0 atom stereocenters. The largest absolute Gasteiger partial charge is 0.497 e. The zero-order valence-electron chi connectivity index (χ0n) is 15.0. The van der Waals surface area contributed by atoms with Crippen LogP contribution in [0.2, 0.25) is 0 Å². The fourth-order valence-corrected chi connectivity index (χ4v) is 3.63. The first-order valence-corrected chi connectivity index (χ1v) is 10.4. The summed E-state index contributed by atoms with van der Waals surface area (Å²) in [5, 5.41) is 2.60. The van der Waals surface area contributed by atoms with Crippen LogP contribution < -0.4 is 14.8 Å². The normalized spacial score (nSPS) is 10.9. The zero-order valence-corrected chi connectivity index (χ0v) is 17.4. The average molecular weight is 471 g/mol. The van der Waals surface area contributed by atoms with Gasteiger partial charge >= 0.3 is 5.97 Å². The van der Waals surface area contributed by atoms with E-state index in [2.05, 4.69) is 26.0 Å². The van der Waals surface area contributed by atoms with Gasteiger partial charge in [-0.3, -0.25) is 9.59 Å². The van der Waals surface area contributed by atoms with Crippen LogP contribution in [-0.2, 0) is 30.9 Å². The molecule has 2 rings (SSSR count). The highest BCUT2D eigenvalue weighted by Gasteiger charge is 2.17. The fourth-order valence-electron chi connectivity index (χ4n) is 2.06. The number of sulfonamides is 1. The molecule has 0 aliphatic rings. The van der Waals surface area contributed by atoms with E-state index in [9.17, 15) is 18.0 Å². The van der Waals surface area contributed by atoms with E-state index in [1.807, 2.05) is 0 Å². The molecule has 0 fully saturated rings. The van der Waals surface area contributed by atoms with Crippen LogP contribution in [0.25, 0.3) is 0 Å². The van der Waals surface area contributed by atoms with Crippen LogP contribution in [0.15, 0.2) is 57.9 Å². The van der Waals surface area contributed by atoms with Crippen molar-refractivity contribution in [1.82, 2.24) is 10.0 Å². The molecule has 2 N–H and O–H groups in total. The zero-order chi connectivity index (χ0) is 20.6. The second kappa shape index (κ2) is 10.2. The maximum absolute atomic E-state index is 12.1. The number of nitrogens with one attached hydrogen (secondary N) is 2. The first-order chi connectivity index (χ1) is 13.3. The minimum atomic E-state index is -3.86. The van der Waals surface area contributed by atoms with Gasteiger partial charge in [-0.1, -0.05) is 34.1 Å². The van der Waals surface area contributed by atoms with Gasteiger partial charge < -0.3 is 14.8 Å². The Labute approximate surface area is 171 Å². The molecule has 2 aromatic rings. The first kappa shape index (κ1) is 21.9. The molecule has 0 bridgehead atoms. The minimum Gasteiger partial charge on any atom is -0.497 e. The van der Waals surface area contributed by atoms with Crippen LogP contribution in [0, 0.1) is 0 Å². The molecule has 2 aromatic carbocycles. The fraction of sp³-hybridized carbons (Fsp3) is 0.222. The lowest BCUT2D eigenvalue weighted by Gasteiger charge is -2.09. The molecular formula is C18H19BrN2O6S. The van der Waals surface area contributed by atoms with Crippen molar-refractivity contribution < 1.29 is 27.5 Å². The summed E-state index contributed by atoms with van der Waals surface area (Å²) in [6.07, 6.45) is 0. The third kappa shape index (κ3) is 6.95. The monoisotopic (exact) mass is 470 g/mol. The second-order valence-corrected chi connectivity index (χ2v) is 8.25. The molecule has 0 saturated heterocycles. The van der Waals surface area contributed by atoms with Crippen LogP contribution in [0.4, 0.5) is 0 Å². The van der Waals surface area contributed by atoms with E-state index in [-0.39, 0.29) is 11.4 Å². The van der Waals surface area contributed by atoms with Gasteiger partial charge in [-0.25, -0.2) is 8.42 Å². The standard InChI is InChI=1S/C18H19BrN2O6S/c1-26-15-7-5-13(6-8-15)10-20-17(22)12-27-18(23)11-21-28(24,25)16-4-2-3-14(19)9-16/h2-9,21H,10-12H2,1H3,(H,20,22). The van der Waals surface area contributed by atoms with E-state index < -0.39 is 35.1 Å². The van der Waals surface area contributed by atoms with Gasteiger partial charge in [0.25, 0.3) is 5.91 Å². The molecule has 0 unspecified atom stereocenters. The van der Waals surface area contributed by atoms with E-state index in [0.717, 1.165) is 5.56 Å². The van der Waals surface area contributed by atoms with Gasteiger partial charge in [-0.05, 0) is 35.9 Å². The SMILES string of the molecule is COc1ccc(CNC(=O)COC(=O)CNS(=O)(=O)c2cccc(Br)c2)cc1. The van der Waals surface area contributed by atoms with Gasteiger partial charge in [0.2, 0.25) is 10.0 Å².